The van der Waals surface area contributed by atoms with Gasteiger partial charge in [-0.05, 0) is 61.1 Å². The molecular formula is C32H35ClF2N2. The number of nitrogens with one attached hydrogen (secondary N) is 1. The Balaban J connectivity index is 0.000000412. The first kappa shape index (κ1) is 25.9. The minimum atomic E-state index is -0.516. The van der Waals surface area contributed by atoms with E-state index in [0.29, 0.717) is 40.8 Å². The predicted molar refractivity (Wildman–Crippen MR) is 150 cm³/mol. The van der Waals surface area contributed by atoms with E-state index in [1.807, 2.05) is 44.3 Å². The lowest BCUT2D eigenvalue weighted by molar-refractivity contribution is 0.361. The zero-order chi connectivity index (χ0) is 26.3. The Kier molecular flexibility index (Phi) is 7.17. The average molecular weight is 521 g/mol. The quantitative estimate of drug-likeness (QED) is 0.367. The Morgan fingerprint density at radius 3 is 2.41 bits per heavy atom. The lowest BCUT2D eigenvalue weighted by Gasteiger charge is -2.31. The highest BCUT2D eigenvalue weighted by molar-refractivity contribution is 6.34. The third-order valence-electron chi connectivity index (χ3n) is 8.50. The van der Waals surface area contributed by atoms with E-state index in [9.17, 15) is 0 Å². The van der Waals surface area contributed by atoms with Gasteiger partial charge in [-0.1, -0.05) is 86.8 Å². The standard InChI is InChI=1S/C27H24ClF2N.C5H11N/c1-3-7-15-10-11-18-21(31)13-19-22-16(14-27(19,2)17-8-5-4-6-9-17)12-20(29)25(28)24(22)23(18)26(15)30;1-6-5-3-2-4-5/h4-6,8-13,19H,3,7,14,31H2,1-2H3;5-6H,2-4H2,1H3. The van der Waals surface area contributed by atoms with Gasteiger partial charge < -0.3 is 11.1 Å². The summed E-state index contributed by atoms with van der Waals surface area (Å²) in [6, 6.07) is 16.2. The van der Waals surface area contributed by atoms with E-state index >= 15 is 8.78 Å². The van der Waals surface area contributed by atoms with Crippen molar-refractivity contribution in [1.82, 2.24) is 5.32 Å². The van der Waals surface area contributed by atoms with E-state index in [4.69, 9.17) is 17.3 Å². The highest BCUT2D eigenvalue weighted by Crippen LogP contribution is 2.57. The number of fused-ring (bicyclic) bond motifs is 2. The molecule has 37 heavy (non-hydrogen) atoms. The van der Waals surface area contributed by atoms with Crippen LogP contribution in [0.1, 0.15) is 73.3 Å². The number of aryl methyl sites for hydroxylation is 1. The summed E-state index contributed by atoms with van der Waals surface area (Å²) in [5, 5.41) is 3.17. The molecule has 0 spiro atoms. The molecule has 1 saturated carbocycles. The SMILES string of the molecule is CCCc1ccc2c(c1F)-c1c(Cl)c(F)cc3c1C(C=C2N)C(C)(c1ccccc1)C3.CNC1CCC1. The van der Waals surface area contributed by atoms with Crippen molar-refractivity contribution in [1.29, 1.82) is 0 Å². The highest BCUT2D eigenvalue weighted by atomic mass is 35.5. The van der Waals surface area contributed by atoms with Gasteiger partial charge in [0.05, 0.1) is 5.02 Å². The molecular weight excluding hydrogens is 486 g/mol. The minimum absolute atomic E-state index is 0.0297. The van der Waals surface area contributed by atoms with Crippen LogP contribution in [0.5, 0.6) is 0 Å². The summed E-state index contributed by atoms with van der Waals surface area (Å²) >= 11 is 6.56. The minimum Gasteiger partial charge on any atom is -0.398 e. The smallest absolute Gasteiger partial charge is 0.142 e. The molecule has 0 aromatic heterocycles. The van der Waals surface area contributed by atoms with Gasteiger partial charge in [0.1, 0.15) is 11.6 Å². The van der Waals surface area contributed by atoms with Crippen LogP contribution in [0, 0.1) is 11.6 Å². The van der Waals surface area contributed by atoms with Crippen LogP contribution in [0.25, 0.3) is 16.8 Å². The van der Waals surface area contributed by atoms with Crippen molar-refractivity contribution in [2.24, 2.45) is 5.73 Å². The zero-order valence-electron chi connectivity index (χ0n) is 21.8. The second kappa shape index (κ2) is 10.2. The predicted octanol–water partition coefficient (Wildman–Crippen LogP) is 7.91. The van der Waals surface area contributed by atoms with Crippen LogP contribution >= 0.6 is 11.6 Å². The van der Waals surface area contributed by atoms with E-state index in [2.05, 4.69) is 24.4 Å². The Morgan fingerprint density at radius 1 is 1.08 bits per heavy atom. The van der Waals surface area contributed by atoms with Gasteiger partial charge in [0, 0.05) is 39.8 Å². The first-order valence-corrected chi connectivity index (χ1v) is 13.7. The largest absolute Gasteiger partial charge is 0.398 e. The fourth-order valence-electron chi connectivity index (χ4n) is 6.16. The maximum absolute atomic E-state index is 15.8. The Bertz CT molecular complexity index is 1340. The molecule has 3 aliphatic carbocycles. The lowest BCUT2D eigenvalue weighted by Crippen LogP contribution is -2.31. The molecule has 2 atom stereocenters. The number of halogens is 3. The Labute approximate surface area is 223 Å². The van der Waals surface area contributed by atoms with Crippen molar-refractivity contribution < 1.29 is 8.78 Å². The van der Waals surface area contributed by atoms with E-state index in [-0.39, 0.29) is 22.2 Å². The van der Waals surface area contributed by atoms with Gasteiger partial charge in [-0.25, -0.2) is 8.78 Å². The molecule has 2 nitrogen and oxygen atoms in total. The van der Waals surface area contributed by atoms with Gasteiger partial charge in [-0.2, -0.15) is 0 Å². The van der Waals surface area contributed by atoms with Crippen LogP contribution in [0.3, 0.4) is 0 Å². The van der Waals surface area contributed by atoms with Crippen LogP contribution in [-0.2, 0) is 18.3 Å². The summed E-state index contributed by atoms with van der Waals surface area (Å²) in [4.78, 5) is 0. The molecule has 0 bridgehead atoms. The molecule has 6 rings (SSSR count). The molecule has 1 fully saturated rings. The van der Waals surface area contributed by atoms with Gasteiger partial charge in [0.2, 0.25) is 0 Å². The van der Waals surface area contributed by atoms with E-state index < -0.39 is 5.82 Å². The molecule has 3 aromatic rings. The molecule has 3 N–H and O–H groups in total. The van der Waals surface area contributed by atoms with Crippen molar-refractivity contribution in [2.75, 3.05) is 7.05 Å². The fraction of sp³-hybridized carbons (Fsp3) is 0.375. The van der Waals surface area contributed by atoms with Gasteiger partial charge in [0.25, 0.3) is 0 Å². The summed E-state index contributed by atoms with van der Waals surface area (Å²) in [7, 11) is 2.03. The fourth-order valence-corrected chi connectivity index (χ4v) is 6.41. The number of hydrogen-bond donors (Lipinski definition) is 2. The molecule has 5 heteroatoms. The number of allylic oxidation sites excluding steroid dienone is 1. The maximum Gasteiger partial charge on any atom is 0.142 e. The topological polar surface area (TPSA) is 38.0 Å². The summed E-state index contributed by atoms with van der Waals surface area (Å²) in [5.74, 6) is -1.00. The molecule has 0 heterocycles. The second-order valence-corrected chi connectivity index (χ2v) is 11.2. The van der Waals surface area contributed by atoms with Crippen molar-refractivity contribution in [3.05, 3.63) is 99.1 Å². The Morgan fingerprint density at radius 2 is 1.81 bits per heavy atom. The van der Waals surface area contributed by atoms with E-state index in [1.54, 1.807) is 6.07 Å². The van der Waals surface area contributed by atoms with Crippen LogP contribution in [0.15, 0.2) is 54.6 Å². The first-order valence-electron chi connectivity index (χ1n) is 13.3. The monoisotopic (exact) mass is 520 g/mol. The number of rotatable bonds is 4. The molecule has 3 aromatic carbocycles. The van der Waals surface area contributed by atoms with Gasteiger partial charge in [0.15, 0.2) is 0 Å². The van der Waals surface area contributed by atoms with E-state index in [0.717, 1.165) is 29.2 Å². The van der Waals surface area contributed by atoms with Crippen molar-refractivity contribution in [3.8, 4) is 11.1 Å². The van der Waals surface area contributed by atoms with Crippen molar-refractivity contribution in [2.45, 2.75) is 69.7 Å². The number of nitrogens with two attached hydrogens (primary N) is 1. The summed E-state index contributed by atoms with van der Waals surface area (Å²) < 4.78 is 30.8. The molecule has 0 saturated heterocycles. The van der Waals surface area contributed by atoms with Crippen molar-refractivity contribution >= 4 is 17.3 Å². The van der Waals surface area contributed by atoms with Gasteiger partial charge in [-0.3, -0.25) is 0 Å². The van der Waals surface area contributed by atoms with Gasteiger partial charge >= 0.3 is 0 Å². The molecule has 0 amide bonds. The zero-order valence-corrected chi connectivity index (χ0v) is 22.6. The van der Waals surface area contributed by atoms with Crippen LogP contribution in [0.4, 0.5) is 8.78 Å². The number of benzene rings is 3. The molecule has 194 valence electrons. The van der Waals surface area contributed by atoms with E-state index in [1.165, 1.54) is 25.3 Å². The second-order valence-electron chi connectivity index (χ2n) is 10.8. The Hall–Kier alpha value is -2.69. The summed E-state index contributed by atoms with van der Waals surface area (Å²) in [6.07, 6.45) is 8.29. The van der Waals surface area contributed by atoms with Gasteiger partial charge in [-0.15, -0.1) is 0 Å². The van der Waals surface area contributed by atoms with Crippen LogP contribution in [-0.4, -0.2) is 13.1 Å². The summed E-state index contributed by atoms with van der Waals surface area (Å²) in [6.45, 7) is 4.18. The average Bonchev–Trinajstić information content (AvgIpc) is 3.04. The summed E-state index contributed by atoms with van der Waals surface area (Å²) in [5.41, 5.74) is 11.6. The lowest BCUT2D eigenvalue weighted by atomic mass is 9.72. The molecule has 0 aliphatic heterocycles. The van der Waals surface area contributed by atoms with Crippen molar-refractivity contribution in [3.63, 3.8) is 0 Å². The normalized spacial score (nSPS) is 21.7. The number of hydrogen-bond acceptors (Lipinski definition) is 2. The molecule has 0 radical (unpaired) electrons. The highest BCUT2D eigenvalue weighted by Gasteiger charge is 2.46. The maximum atomic E-state index is 15.8. The first-order chi connectivity index (χ1) is 17.8. The van der Waals surface area contributed by atoms with Crippen LogP contribution in [0.2, 0.25) is 5.02 Å². The molecule has 3 aliphatic rings. The third kappa shape index (κ3) is 4.38. The van der Waals surface area contributed by atoms with Crippen LogP contribution < -0.4 is 11.1 Å². The third-order valence-corrected chi connectivity index (χ3v) is 8.87. The molecule has 2 unspecified atom stereocenters.